The fourth-order valence-corrected chi connectivity index (χ4v) is 2.46. The summed E-state index contributed by atoms with van der Waals surface area (Å²) in [6.45, 7) is 0. The van der Waals surface area contributed by atoms with Crippen LogP contribution < -0.4 is 11.0 Å². The van der Waals surface area contributed by atoms with Crippen LogP contribution in [0.25, 0.3) is 0 Å². The number of hydrogen-bond acceptors (Lipinski definition) is 2. The van der Waals surface area contributed by atoms with Crippen molar-refractivity contribution in [3.8, 4) is 0 Å². The van der Waals surface area contributed by atoms with Crippen molar-refractivity contribution < 1.29 is 0 Å². The van der Waals surface area contributed by atoms with Crippen LogP contribution in [0, 0.1) is 0 Å². The Labute approximate surface area is 89.3 Å². The Balaban J connectivity index is 2.26. The van der Waals surface area contributed by atoms with Gasteiger partial charge in [0.1, 0.15) is 0 Å². The highest BCUT2D eigenvalue weighted by Gasteiger charge is 2.12. The minimum absolute atomic E-state index is 0.768. The highest BCUT2D eigenvalue weighted by atomic mass is 14.9. The Hall–Kier alpha value is -0.0151. The molecule has 3 N–H and O–H groups in total. The molecule has 0 aliphatic heterocycles. The summed E-state index contributed by atoms with van der Waals surface area (Å²) in [5, 5.41) is 3.42. The third-order valence-electron chi connectivity index (χ3n) is 3.57. The highest BCUT2D eigenvalue weighted by molar-refractivity contribution is 6.33. The van der Waals surface area contributed by atoms with E-state index < -0.39 is 0 Å². The summed E-state index contributed by atoms with van der Waals surface area (Å²) >= 11 is 0. The summed E-state index contributed by atoms with van der Waals surface area (Å²) in [6, 6.07) is 0.768. The zero-order chi connectivity index (χ0) is 10.2. The van der Waals surface area contributed by atoms with Gasteiger partial charge in [-0.05, 0) is 19.9 Å². The van der Waals surface area contributed by atoms with Crippen LogP contribution in [0.4, 0.5) is 0 Å². The van der Waals surface area contributed by atoms with Crippen LogP contribution in [0.3, 0.4) is 0 Å². The van der Waals surface area contributed by atoms with E-state index >= 15 is 0 Å². The van der Waals surface area contributed by atoms with Crippen LogP contribution in [0.1, 0.15) is 51.4 Å². The molecule has 0 spiro atoms. The molecule has 0 aromatic carbocycles. The summed E-state index contributed by atoms with van der Waals surface area (Å²) in [7, 11) is 2.99. The summed E-state index contributed by atoms with van der Waals surface area (Å²) in [5.74, 6) is 0.807. The van der Waals surface area contributed by atoms with E-state index in [-0.39, 0.29) is 0 Å². The van der Waals surface area contributed by atoms with Crippen LogP contribution in [0.5, 0.6) is 0 Å². The van der Waals surface area contributed by atoms with E-state index in [0.29, 0.717) is 0 Å². The minimum atomic E-state index is 0.768. The lowest BCUT2D eigenvalue weighted by Gasteiger charge is -2.20. The van der Waals surface area contributed by atoms with Gasteiger partial charge in [0.2, 0.25) is 7.41 Å². The van der Waals surface area contributed by atoms with Gasteiger partial charge >= 0.3 is 0 Å². The fraction of sp³-hybridized carbons (Fsp3) is 1.00. The average Bonchev–Trinajstić information content (AvgIpc) is 2.25. The van der Waals surface area contributed by atoms with Crippen LogP contribution >= 0.6 is 0 Å². The number of rotatable bonds is 2. The van der Waals surface area contributed by atoms with Gasteiger partial charge in [-0.15, -0.1) is 0 Å². The fourth-order valence-electron chi connectivity index (χ4n) is 2.46. The molecule has 1 aliphatic carbocycles. The van der Waals surface area contributed by atoms with E-state index in [4.69, 9.17) is 5.64 Å². The first-order valence-electron chi connectivity index (χ1n) is 6.24. The second-order valence-electron chi connectivity index (χ2n) is 4.66. The molecule has 1 rings (SSSR count). The SMILES string of the molecule is CNC1CCCCC(BN)CCCC1. The van der Waals surface area contributed by atoms with Crippen molar-refractivity contribution in [1.29, 1.82) is 0 Å². The van der Waals surface area contributed by atoms with Gasteiger partial charge < -0.3 is 11.0 Å². The zero-order valence-corrected chi connectivity index (χ0v) is 9.60. The molecule has 0 aromatic heterocycles. The third-order valence-corrected chi connectivity index (χ3v) is 3.57. The molecular formula is C11H25BN2. The first-order chi connectivity index (χ1) is 6.86. The quantitative estimate of drug-likeness (QED) is 0.661. The van der Waals surface area contributed by atoms with E-state index in [1.807, 2.05) is 0 Å². The van der Waals surface area contributed by atoms with E-state index in [1.54, 1.807) is 0 Å². The van der Waals surface area contributed by atoms with E-state index in [2.05, 4.69) is 12.4 Å². The van der Waals surface area contributed by atoms with Crippen molar-refractivity contribution in [3.63, 3.8) is 0 Å². The van der Waals surface area contributed by atoms with Crippen LogP contribution in [-0.4, -0.2) is 20.5 Å². The van der Waals surface area contributed by atoms with Gasteiger partial charge in [0.05, 0.1) is 0 Å². The Morgan fingerprint density at radius 1 is 1.00 bits per heavy atom. The summed E-state index contributed by atoms with van der Waals surface area (Å²) in [6.07, 6.45) is 10.9. The standard InChI is InChI=1S/C11H25BN2/c1-14-11-8-4-2-6-10(12-13)7-3-5-9-11/h10-12,14H,2-9,13H2,1H3. The van der Waals surface area contributed by atoms with Gasteiger partial charge in [0.15, 0.2) is 0 Å². The van der Waals surface area contributed by atoms with E-state index in [1.165, 1.54) is 51.4 Å². The van der Waals surface area contributed by atoms with Crippen molar-refractivity contribution in [3.05, 3.63) is 0 Å². The van der Waals surface area contributed by atoms with Crippen molar-refractivity contribution in [2.24, 2.45) is 5.64 Å². The molecule has 0 radical (unpaired) electrons. The minimum Gasteiger partial charge on any atom is -0.373 e. The largest absolute Gasteiger partial charge is 0.373 e. The first-order valence-corrected chi connectivity index (χ1v) is 6.24. The van der Waals surface area contributed by atoms with Crippen LogP contribution in [0.15, 0.2) is 0 Å². The molecule has 14 heavy (non-hydrogen) atoms. The van der Waals surface area contributed by atoms with Crippen molar-refractivity contribution in [2.75, 3.05) is 7.05 Å². The molecule has 3 heteroatoms. The predicted octanol–water partition coefficient (Wildman–Crippen LogP) is 1.81. The summed E-state index contributed by atoms with van der Waals surface area (Å²) in [4.78, 5) is 0. The molecule has 0 unspecified atom stereocenters. The zero-order valence-electron chi connectivity index (χ0n) is 9.60. The average molecular weight is 196 g/mol. The number of hydrogen-bond donors (Lipinski definition) is 2. The smallest absolute Gasteiger partial charge is 0.201 e. The maximum Gasteiger partial charge on any atom is 0.201 e. The van der Waals surface area contributed by atoms with Crippen molar-refractivity contribution in [2.45, 2.75) is 63.2 Å². The molecule has 0 atom stereocenters. The van der Waals surface area contributed by atoms with E-state index in [0.717, 1.165) is 19.3 Å². The molecular weight excluding hydrogens is 171 g/mol. The van der Waals surface area contributed by atoms with Gasteiger partial charge in [-0.1, -0.05) is 44.3 Å². The lowest BCUT2D eigenvalue weighted by atomic mass is 9.70. The Morgan fingerprint density at radius 3 is 1.93 bits per heavy atom. The number of nitrogens with two attached hydrogens (primary N) is 1. The van der Waals surface area contributed by atoms with Crippen molar-refractivity contribution >= 4 is 7.41 Å². The molecule has 1 saturated carbocycles. The second-order valence-corrected chi connectivity index (χ2v) is 4.66. The molecule has 1 fully saturated rings. The summed E-state index contributed by atoms with van der Waals surface area (Å²) in [5.41, 5.74) is 5.75. The normalized spacial score (nSPS) is 31.0. The molecule has 0 aromatic rings. The van der Waals surface area contributed by atoms with Crippen LogP contribution in [0.2, 0.25) is 5.82 Å². The van der Waals surface area contributed by atoms with E-state index in [9.17, 15) is 0 Å². The molecule has 1 aliphatic rings. The van der Waals surface area contributed by atoms with Gasteiger partial charge in [-0.3, -0.25) is 0 Å². The summed E-state index contributed by atoms with van der Waals surface area (Å²) < 4.78 is 0. The lowest BCUT2D eigenvalue weighted by molar-refractivity contribution is 0.419. The maximum atomic E-state index is 5.75. The molecule has 0 heterocycles. The maximum absolute atomic E-state index is 5.75. The van der Waals surface area contributed by atoms with Gasteiger partial charge in [0.25, 0.3) is 0 Å². The van der Waals surface area contributed by atoms with Gasteiger partial charge in [0, 0.05) is 6.04 Å². The van der Waals surface area contributed by atoms with Gasteiger partial charge in [-0.2, -0.15) is 0 Å². The monoisotopic (exact) mass is 196 g/mol. The predicted molar refractivity (Wildman–Crippen MR) is 64.9 cm³/mol. The molecule has 0 amide bonds. The Morgan fingerprint density at radius 2 is 1.50 bits per heavy atom. The topological polar surface area (TPSA) is 38.0 Å². The lowest BCUT2D eigenvalue weighted by Crippen LogP contribution is -2.25. The van der Waals surface area contributed by atoms with Crippen LogP contribution in [-0.2, 0) is 0 Å². The second kappa shape index (κ2) is 7.30. The Bertz CT molecular complexity index is 113. The number of nitrogens with one attached hydrogen (secondary N) is 1. The molecule has 2 nitrogen and oxygen atoms in total. The third kappa shape index (κ3) is 4.47. The first kappa shape index (κ1) is 12.1. The molecule has 0 saturated heterocycles. The Kier molecular flexibility index (Phi) is 6.29. The highest BCUT2D eigenvalue weighted by Crippen LogP contribution is 2.23. The molecule has 82 valence electrons. The van der Waals surface area contributed by atoms with Crippen molar-refractivity contribution in [1.82, 2.24) is 5.32 Å². The molecule has 0 bridgehead atoms. The van der Waals surface area contributed by atoms with Gasteiger partial charge in [-0.25, -0.2) is 0 Å².